The molecular weight excluding hydrogens is 793 g/mol. The molecule has 0 amide bonds. The van der Waals surface area contributed by atoms with Gasteiger partial charge in [-0.25, -0.2) is 0 Å². The lowest BCUT2D eigenvalue weighted by molar-refractivity contribution is 0.666. The summed E-state index contributed by atoms with van der Waals surface area (Å²) in [4.78, 5) is 0. The molecule has 0 fully saturated rings. The molecule has 0 radical (unpaired) electrons. The zero-order chi connectivity index (χ0) is 60.5. The van der Waals surface area contributed by atoms with Gasteiger partial charge < -0.3 is 13.6 Å². The van der Waals surface area contributed by atoms with E-state index < -0.39 is 146 Å². The average molecular weight is 854 g/mol. The fourth-order valence-corrected chi connectivity index (χ4v) is 13.5. The SMILES string of the molecule is [2H]c1c([2H])c([2H])c(-c2c([2H])c([2H])c([2H])c([Si](c3ccccc3)(c3ccccc3)c3c([2H])c([2H])c([2H])c(-n4c5ccccc5c5cc(-n6c7c([2H])c([2H])c([2H])c([2H])c7c7c([2H])c([2H])c([2H])c([2H])c76)c6oc7ccccc7c6c54)c3[2H])c2[2H])c([2H])c1[2H]. The van der Waals surface area contributed by atoms with Crippen molar-refractivity contribution in [3.8, 4) is 22.5 Å². The third-order valence-electron chi connectivity index (χ3n) is 11.9. The Kier molecular flexibility index (Phi) is 4.80. The van der Waals surface area contributed by atoms with Crippen LogP contribution in [0.5, 0.6) is 0 Å². The minimum absolute atomic E-state index is 0.0338. The van der Waals surface area contributed by atoms with E-state index in [0.29, 0.717) is 37.4 Å². The second kappa shape index (κ2) is 14.5. The summed E-state index contributed by atoms with van der Waals surface area (Å²) in [6.45, 7) is 0. The molecule has 4 heteroatoms. The Morgan fingerprint density at radius 2 is 0.984 bits per heavy atom. The zero-order valence-electron chi connectivity index (χ0n) is 54.3. The predicted octanol–water partition coefficient (Wildman–Crippen LogP) is 12.8. The van der Waals surface area contributed by atoms with Gasteiger partial charge in [-0.3, -0.25) is 0 Å². The molecule has 3 heterocycles. The lowest BCUT2D eigenvalue weighted by atomic mass is 10.1. The predicted molar refractivity (Wildman–Crippen MR) is 271 cm³/mol. The molecule has 13 aromatic rings. The van der Waals surface area contributed by atoms with Gasteiger partial charge in [-0.15, -0.1) is 0 Å². The van der Waals surface area contributed by atoms with Crippen molar-refractivity contribution in [1.82, 2.24) is 9.13 Å². The molecule has 64 heavy (non-hydrogen) atoms. The molecule has 0 N–H and O–H groups in total. The molecule has 0 aliphatic carbocycles. The Labute approximate surface area is 400 Å². The highest BCUT2D eigenvalue weighted by Gasteiger charge is 2.42. The van der Waals surface area contributed by atoms with Gasteiger partial charge in [-0.05, 0) is 74.2 Å². The Balaban J connectivity index is 1.25. The Bertz CT molecular complexity index is 5010. The van der Waals surface area contributed by atoms with Crippen molar-refractivity contribution < 1.29 is 33.2 Å². The molecule has 0 aliphatic rings. The molecular formula is C60H40N2OSi. The highest BCUT2D eigenvalue weighted by atomic mass is 28.3. The van der Waals surface area contributed by atoms with Crippen molar-refractivity contribution in [2.45, 2.75) is 0 Å². The van der Waals surface area contributed by atoms with Crippen molar-refractivity contribution >= 4 is 94.4 Å². The van der Waals surface area contributed by atoms with Crippen molar-refractivity contribution in [3.63, 3.8) is 0 Å². The van der Waals surface area contributed by atoms with Crippen molar-refractivity contribution in [3.05, 3.63) is 242 Å². The number of para-hydroxylation sites is 4. The van der Waals surface area contributed by atoms with Crippen molar-refractivity contribution in [1.29, 1.82) is 0 Å². The fraction of sp³-hybridized carbons (Fsp3) is 0. The second-order valence-corrected chi connectivity index (χ2v) is 18.8. The molecule has 0 saturated heterocycles. The maximum Gasteiger partial charge on any atom is 0.179 e. The van der Waals surface area contributed by atoms with Gasteiger partial charge in [0, 0.05) is 32.6 Å². The molecule has 0 aliphatic heterocycles. The summed E-state index contributed by atoms with van der Waals surface area (Å²) in [5.41, 5.74) is -0.759. The van der Waals surface area contributed by atoms with Crippen LogP contribution in [0.15, 0.2) is 247 Å². The molecule has 13 rings (SSSR count). The van der Waals surface area contributed by atoms with Gasteiger partial charge in [-0.1, -0.05) is 200 Å². The summed E-state index contributed by atoms with van der Waals surface area (Å²) >= 11 is 0. The quantitative estimate of drug-likeness (QED) is 0.116. The van der Waals surface area contributed by atoms with Crippen LogP contribution in [-0.2, 0) is 0 Å². The van der Waals surface area contributed by atoms with E-state index >= 15 is 0 Å². The summed E-state index contributed by atoms with van der Waals surface area (Å²) in [5, 5.41) is 1.31. The van der Waals surface area contributed by atoms with Crippen LogP contribution in [-0.4, -0.2) is 17.2 Å². The van der Waals surface area contributed by atoms with Gasteiger partial charge in [0.15, 0.2) is 13.7 Å². The molecule has 0 unspecified atom stereocenters. The number of hydrogen-bond donors (Lipinski definition) is 0. The van der Waals surface area contributed by atoms with Crippen LogP contribution >= 0.6 is 0 Å². The topological polar surface area (TPSA) is 23.0 Å². The summed E-state index contributed by atoms with van der Waals surface area (Å²) in [5.74, 6) is 0. The van der Waals surface area contributed by atoms with Crippen LogP contribution in [0.25, 0.3) is 88.1 Å². The molecule has 10 aromatic carbocycles. The largest absolute Gasteiger partial charge is 0.454 e. The zero-order valence-corrected chi connectivity index (χ0v) is 34.3. The first kappa shape index (κ1) is 21.3. The van der Waals surface area contributed by atoms with E-state index in [-0.39, 0.29) is 60.2 Å². The third kappa shape index (κ3) is 5.33. The third-order valence-corrected chi connectivity index (χ3v) is 16.3. The van der Waals surface area contributed by atoms with Gasteiger partial charge >= 0.3 is 0 Å². The van der Waals surface area contributed by atoms with Crippen LogP contribution < -0.4 is 20.7 Å². The highest BCUT2D eigenvalue weighted by molar-refractivity contribution is 7.20. The Hall–Kier alpha value is -8.18. The molecule has 3 nitrogen and oxygen atoms in total. The molecule has 0 atom stereocenters. The number of fused-ring (bicyclic) bond motifs is 10. The fourth-order valence-electron chi connectivity index (χ4n) is 9.29. The van der Waals surface area contributed by atoms with Crippen LogP contribution in [0, 0.1) is 0 Å². The number of benzene rings is 10. The van der Waals surface area contributed by atoms with Gasteiger partial charge in [-0.2, -0.15) is 0 Å². The minimum atomic E-state index is -4.89. The van der Waals surface area contributed by atoms with E-state index in [1.54, 1.807) is 120 Å². The van der Waals surface area contributed by atoms with Gasteiger partial charge in [0.2, 0.25) is 0 Å². The monoisotopic (exact) mass is 853 g/mol. The van der Waals surface area contributed by atoms with E-state index in [9.17, 15) is 16.4 Å². The summed E-state index contributed by atoms with van der Waals surface area (Å²) in [7, 11) is -4.89. The molecule has 0 bridgehead atoms. The molecule has 3 aromatic heterocycles. The van der Waals surface area contributed by atoms with E-state index in [2.05, 4.69) is 0 Å². The maximum atomic E-state index is 10.9. The first-order valence-corrected chi connectivity index (χ1v) is 22.3. The lowest BCUT2D eigenvalue weighted by Gasteiger charge is -2.35. The first-order chi connectivity index (χ1) is 40.5. The number of aromatic nitrogens is 2. The molecule has 300 valence electrons. The van der Waals surface area contributed by atoms with Gasteiger partial charge in [0.25, 0.3) is 0 Å². The number of nitrogens with zero attached hydrogens (tertiary/aromatic N) is 2. The van der Waals surface area contributed by atoms with Crippen LogP contribution in [0.1, 0.15) is 28.8 Å². The maximum absolute atomic E-state index is 10.9. The first-order valence-electron chi connectivity index (χ1n) is 30.8. The van der Waals surface area contributed by atoms with E-state index in [4.69, 9.17) is 16.8 Å². The number of rotatable bonds is 7. The molecule has 0 spiro atoms. The van der Waals surface area contributed by atoms with Crippen LogP contribution in [0.3, 0.4) is 0 Å². The van der Waals surface area contributed by atoms with Crippen LogP contribution in [0.2, 0.25) is 0 Å². The smallest absolute Gasteiger partial charge is 0.179 e. The summed E-state index contributed by atoms with van der Waals surface area (Å²) in [6, 6.07) is 18.1. The molecule has 0 saturated carbocycles. The van der Waals surface area contributed by atoms with Gasteiger partial charge in [0.05, 0.1) is 61.9 Å². The lowest BCUT2D eigenvalue weighted by Crippen LogP contribution is -2.74. The highest BCUT2D eigenvalue weighted by Crippen LogP contribution is 2.45. The second-order valence-electron chi connectivity index (χ2n) is 15.2. The van der Waals surface area contributed by atoms with Crippen molar-refractivity contribution in [2.75, 3.05) is 0 Å². The standard InChI is InChI=1S/C60H40N2OSi/c1-4-20-41(21-5-1)42-22-18-28-46(38-42)64(44-24-6-2-7-25-44,45-26-8-3-9-27-45)47-29-19-23-43(39-47)61-53-34-14-12-32-50(53)52-40-56(60-58(59(52)61)51-33-13-17-37-57(51)63-60)62-54-35-15-10-30-48(54)49-31-11-16-36-55(49)62/h1-40H/i1D,4D,5D,10D,11D,15D,16D,18D,19D,20D,21D,22D,23D,28D,29D,30D,31D,35D,36D,38D,39D. The summed E-state index contributed by atoms with van der Waals surface area (Å²) in [6.07, 6.45) is 0. The minimum Gasteiger partial charge on any atom is -0.454 e. The van der Waals surface area contributed by atoms with Gasteiger partial charge in [0.1, 0.15) is 5.58 Å². The number of furan rings is 1. The van der Waals surface area contributed by atoms with Crippen molar-refractivity contribution in [2.24, 2.45) is 0 Å². The van der Waals surface area contributed by atoms with E-state index in [1.165, 1.54) is 4.57 Å². The average Bonchev–Trinajstić information content (AvgIpc) is 1.74. The normalized spacial score (nSPS) is 16.7. The Morgan fingerprint density at radius 3 is 1.70 bits per heavy atom. The number of hydrogen-bond acceptors (Lipinski definition) is 1. The van der Waals surface area contributed by atoms with E-state index in [0.717, 1.165) is 0 Å². The van der Waals surface area contributed by atoms with E-state index in [1.807, 2.05) is 0 Å². The van der Waals surface area contributed by atoms with Crippen LogP contribution in [0.4, 0.5) is 0 Å². The summed E-state index contributed by atoms with van der Waals surface area (Å²) < 4.78 is 206. The Morgan fingerprint density at radius 1 is 0.406 bits per heavy atom.